The smallest absolute Gasteiger partial charge is 0.272 e. The number of thiophene rings is 1. The number of methoxy groups -OCH3 is 2. The van der Waals surface area contributed by atoms with Gasteiger partial charge in [0.1, 0.15) is 16.2 Å². The van der Waals surface area contributed by atoms with Crippen LogP contribution in [0.2, 0.25) is 0 Å². The van der Waals surface area contributed by atoms with Crippen LogP contribution < -0.4 is 20.3 Å². The SMILES string of the molecule is CCn1c(SCC(=O)Nc2cc(OC)ccc2OC)nc2c(-c3ccc(C)cc3)csc2c1=O. The first kappa shape index (κ1) is 23.8. The number of aromatic nitrogens is 2. The van der Waals surface area contributed by atoms with Crippen molar-refractivity contribution in [3.8, 4) is 22.6 Å². The van der Waals surface area contributed by atoms with E-state index in [0.717, 1.165) is 11.1 Å². The number of benzene rings is 2. The Bertz CT molecular complexity index is 1390. The van der Waals surface area contributed by atoms with E-state index in [0.29, 0.717) is 39.1 Å². The summed E-state index contributed by atoms with van der Waals surface area (Å²) in [5.74, 6) is 0.988. The summed E-state index contributed by atoms with van der Waals surface area (Å²) in [6.45, 7) is 4.40. The van der Waals surface area contributed by atoms with Crippen molar-refractivity contribution >= 4 is 44.9 Å². The molecule has 4 aromatic rings. The van der Waals surface area contributed by atoms with Crippen molar-refractivity contribution in [2.75, 3.05) is 25.3 Å². The Morgan fingerprint density at radius 2 is 1.91 bits per heavy atom. The second kappa shape index (κ2) is 10.3. The van der Waals surface area contributed by atoms with Crippen molar-refractivity contribution in [1.82, 2.24) is 9.55 Å². The fourth-order valence-corrected chi connectivity index (χ4v) is 5.35. The van der Waals surface area contributed by atoms with E-state index in [-0.39, 0.29) is 17.2 Å². The Morgan fingerprint density at radius 1 is 1.15 bits per heavy atom. The molecule has 0 bridgehead atoms. The third kappa shape index (κ3) is 4.80. The molecule has 0 unspecified atom stereocenters. The molecule has 0 aliphatic rings. The first-order valence-corrected chi connectivity index (χ1v) is 12.6. The molecule has 1 amide bonds. The molecule has 0 fully saturated rings. The van der Waals surface area contributed by atoms with Crippen molar-refractivity contribution < 1.29 is 14.3 Å². The van der Waals surface area contributed by atoms with Gasteiger partial charge in [-0.05, 0) is 31.5 Å². The molecule has 7 nitrogen and oxygen atoms in total. The number of hydrogen-bond donors (Lipinski definition) is 1. The van der Waals surface area contributed by atoms with Crippen molar-refractivity contribution in [2.45, 2.75) is 25.5 Å². The number of hydrogen-bond acceptors (Lipinski definition) is 7. The molecule has 0 saturated carbocycles. The number of anilines is 1. The predicted molar refractivity (Wildman–Crippen MR) is 139 cm³/mol. The van der Waals surface area contributed by atoms with E-state index in [1.807, 2.05) is 43.5 Å². The predicted octanol–water partition coefficient (Wildman–Crippen LogP) is 5.20. The highest BCUT2D eigenvalue weighted by Crippen LogP contribution is 2.33. The number of fused-ring (bicyclic) bond motifs is 1. The van der Waals surface area contributed by atoms with Gasteiger partial charge in [-0.1, -0.05) is 41.6 Å². The monoisotopic (exact) mass is 495 g/mol. The minimum Gasteiger partial charge on any atom is -0.497 e. The normalized spacial score (nSPS) is 10.9. The Labute approximate surface area is 205 Å². The molecule has 176 valence electrons. The minimum absolute atomic E-state index is 0.0856. The summed E-state index contributed by atoms with van der Waals surface area (Å²) in [6.07, 6.45) is 0. The Hall–Kier alpha value is -3.30. The number of thioether (sulfide) groups is 1. The summed E-state index contributed by atoms with van der Waals surface area (Å²) in [4.78, 5) is 30.7. The van der Waals surface area contributed by atoms with Crippen molar-refractivity contribution in [2.24, 2.45) is 0 Å². The molecule has 4 rings (SSSR count). The molecule has 2 heterocycles. The number of rotatable bonds is 8. The summed E-state index contributed by atoms with van der Waals surface area (Å²) in [5.41, 5.74) is 4.20. The van der Waals surface area contributed by atoms with Crippen LogP contribution in [0.3, 0.4) is 0 Å². The quantitative estimate of drug-likeness (QED) is 0.267. The fourth-order valence-electron chi connectivity index (χ4n) is 3.54. The molecule has 0 saturated heterocycles. The first-order chi connectivity index (χ1) is 16.4. The van der Waals surface area contributed by atoms with Gasteiger partial charge in [-0.25, -0.2) is 4.98 Å². The number of carbonyl (C=O) groups is 1. The number of carbonyl (C=O) groups excluding carboxylic acids is 1. The summed E-state index contributed by atoms with van der Waals surface area (Å²) in [5, 5.41) is 5.34. The molecule has 9 heteroatoms. The van der Waals surface area contributed by atoms with E-state index in [2.05, 4.69) is 5.32 Å². The maximum atomic E-state index is 13.2. The minimum atomic E-state index is -0.238. The van der Waals surface area contributed by atoms with E-state index in [1.165, 1.54) is 35.8 Å². The van der Waals surface area contributed by atoms with Crippen LogP contribution in [0, 0.1) is 6.92 Å². The maximum absolute atomic E-state index is 13.2. The number of nitrogens with one attached hydrogen (secondary N) is 1. The Morgan fingerprint density at radius 3 is 2.59 bits per heavy atom. The van der Waals surface area contributed by atoms with Gasteiger partial charge in [0.2, 0.25) is 5.91 Å². The van der Waals surface area contributed by atoms with E-state index in [1.54, 1.807) is 29.9 Å². The zero-order valence-electron chi connectivity index (χ0n) is 19.4. The lowest BCUT2D eigenvalue weighted by atomic mass is 10.1. The molecule has 34 heavy (non-hydrogen) atoms. The molecule has 2 aromatic heterocycles. The molecule has 0 aliphatic carbocycles. The van der Waals surface area contributed by atoms with Crippen molar-refractivity contribution in [3.05, 3.63) is 63.8 Å². The van der Waals surface area contributed by atoms with Crippen LogP contribution in [-0.2, 0) is 11.3 Å². The van der Waals surface area contributed by atoms with Crippen LogP contribution in [0.25, 0.3) is 21.3 Å². The van der Waals surface area contributed by atoms with Crippen LogP contribution in [-0.4, -0.2) is 35.4 Å². The highest BCUT2D eigenvalue weighted by atomic mass is 32.2. The summed E-state index contributed by atoms with van der Waals surface area (Å²) in [6, 6.07) is 13.3. The number of amides is 1. The standard InChI is InChI=1S/C25H25N3O4S2/c1-5-28-24(30)23-22(18(13-33-23)16-8-6-15(2)7-9-16)27-25(28)34-14-21(29)26-19-12-17(31-3)10-11-20(19)32-4/h6-13H,5,14H2,1-4H3,(H,26,29). The van der Waals surface area contributed by atoms with Crippen LogP contribution in [0.1, 0.15) is 12.5 Å². The second-order valence-electron chi connectivity index (χ2n) is 7.54. The molecule has 1 N–H and O–H groups in total. The Kier molecular flexibility index (Phi) is 7.23. The number of aryl methyl sites for hydroxylation is 1. The van der Waals surface area contributed by atoms with Crippen LogP contribution in [0.5, 0.6) is 11.5 Å². The molecule has 0 aliphatic heterocycles. The van der Waals surface area contributed by atoms with Gasteiger partial charge in [0.05, 0.1) is 31.2 Å². The summed E-state index contributed by atoms with van der Waals surface area (Å²) >= 11 is 2.63. The van der Waals surface area contributed by atoms with Crippen LogP contribution >= 0.6 is 23.1 Å². The van der Waals surface area contributed by atoms with Crippen LogP contribution in [0.4, 0.5) is 5.69 Å². The van der Waals surface area contributed by atoms with E-state index in [9.17, 15) is 9.59 Å². The van der Waals surface area contributed by atoms with Gasteiger partial charge in [-0.2, -0.15) is 0 Å². The van der Waals surface area contributed by atoms with E-state index >= 15 is 0 Å². The lowest BCUT2D eigenvalue weighted by Crippen LogP contribution is -2.23. The lowest BCUT2D eigenvalue weighted by Gasteiger charge is -2.13. The Balaban J connectivity index is 1.61. The summed E-state index contributed by atoms with van der Waals surface area (Å²) < 4.78 is 12.8. The molecule has 2 aromatic carbocycles. The second-order valence-corrected chi connectivity index (χ2v) is 9.36. The highest BCUT2D eigenvalue weighted by molar-refractivity contribution is 7.99. The van der Waals surface area contributed by atoms with Gasteiger partial charge in [0, 0.05) is 23.6 Å². The molecule has 0 atom stereocenters. The molecular weight excluding hydrogens is 470 g/mol. The van der Waals surface area contributed by atoms with E-state index < -0.39 is 0 Å². The maximum Gasteiger partial charge on any atom is 0.272 e. The third-order valence-corrected chi connectivity index (χ3v) is 7.27. The first-order valence-electron chi connectivity index (χ1n) is 10.7. The molecule has 0 radical (unpaired) electrons. The van der Waals surface area contributed by atoms with Gasteiger partial charge < -0.3 is 14.8 Å². The molecular formula is C25H25N3O4S2. The van der Waals surface area contributed by atoms with Gasteiger partial charge in [-0.3, -0.25) is 14.2 Å². The number of nitrogens with zero attached hydrogens (tertiary/aromatic N) is 2. The van der Waals surface area contributed by atoms with Gasteiger partial charge in [0.15, 0.2) is 5.16 Å². The lowest BCUT2D eigenvalue weighted by molar-refractivity contribution is -0.113. The third-order valence-electron chi connectivity index (χ3n) is 5.33. The average Bonchev–Trinajstić information content (AvgIpc) is 3.27. The highest BCUT2D eigenvalue weighted by Gasteiger charge is 2.18. The number of ether oxygens (including phenoxy) is 2. The van der Waals surface area contributed by atoms with Crippen molar-refractivity contribution in [3.63, 3.8) is 0 Å². The van der Waals surface area contributed by atoms with Gasteiger partial charge >= 0.3 is 0 Å². The average molecular weight is 496 g/mol. The largest absolute Gasteiger partial charge is 0.497 e. The zero-order valence-corrected chi connectivity index (χ0v) is 21.0. The topological polar surface area (TPSA) is 82.5 Å². The fraction of sp³-hybridized carbons (Fsp3) is 0.240. The zero-order chi connectivity index (χ0) is 24.2. The van der Waals surface area contributed by atoms with Crippen LogP contribution in [0.15, 0.2) is 57.8 Å². The summed E-state index contributed by atoms with van der Waals surface area (Å²) in [7, 11) is 3.10. The van der Waals surface area contributed by atoms with Crippen molar-refractivity contribution in [1.29, 1.82) is 0 Å². The molecule has 0 spiro atoms. The van der Waals surface area contributed by atoms with Gasteiger partial charge in [-0.15, -0.1) is 11.3 Å². The van der Waals surface area contributed by atoms with Gasteiger partial charge in [0.25, 0.3) is 5.56 Å². The van der Waals surface area contributed by atoms with E-state index in [4.69, 9.17) is 14.5 Å².